The molecule has 25 heavy (non-hydrogen) atoms. The molecule has 1 spiro atoms. The molecule has 2 aromatic heterocycles. The SMILES string of the molecule is COC(O)C1CCS(=O)(=O)C12CCN(c1nn3c(I)cnc3s1)CC2. The molecule has 11 heteroatoms. The minimum Gasteiger partial charge on any atom is -0.368 e. The van der Waals surface area contributed by atoms with Gasteiger partial charge >= 0.3 is 0 Å². The first-order valence-electron chi connectivity index (χ1n) is 8.06. The largest absolute Gasteiger partial charge is 0.368 e. The quantitative estimate of drug-likeness (QED) is 0.501. The lowest BCUT2D eigenvalue weighted by molar-refractivity contribution is -0.122. The highest BCUT2D eigenvalue weighted by Crippen LogP contribution is 2.47. The molecule has 4 heterocycles. The second-order valence-corrected chi connectivity index (χ2v) is 11.0. The Morgan fingerprint density at radius 3 is 2.84 bits per heavy atom. The number of methoxy groups -OCH3 is 1. The number of nitrogens with zero attached hydrogens (tertiary/aromatic N) is 4. The molecule has 1 N–H and O–H groups in total. The number of aliphatic hydroxyl groups excluding tert-OH is 1. The molecule has 8 nitrogen and oxygen atoms in total. The lowest BCUT2D eigenvalue weighted by Gasteiger charge is -2.42. The molecule has 0 amide bonds. The normalized spacial score (nSPS) is 26.5. The summed E-state index contributed by atoms with van der Waals surface area (Å²) >= 11 is 3.69. The molecule has 2 unspecified atom stereocenters. The first-order valence-corrected chi connectivity index (χ1v) is 11.6. The molecule has 2 saturated heterocycles. The van der Waals surface area contributed by atoms with E-state index >= 15 is 0 Å². The van der Waals surface area contributed by atoms with Crippen LogP contribution in [0.2, 0.25) is 0 Å². The van der Waals surface area contributed by atoms with Gasteiger partial charge in [-0.1, -0.05) is 11.3 Å². The van der Waals surface area contributed by atoms with Crippen molar-refractivity contribution in [2.75, 3.05) is 30.9 Å². The zero-order valence-corrected chi connectivity index (χ0v) is 17.4. The van der Waals surface area contributed by atoms with Gasteiger partial charge in [0.2, 0.25) is 10.1 Å². The van der Waals surface area contributed by atoms with E-state index in [2.05, 4.69) is 37.6 Å². The lowest BCUT2D eigenvalue weighted by atomic mass is 9.81. The predicted octanol–water partition coefficient (Wildman–Crippen LogP) is 1.13. The number of fused-ring (bicyclic) bond motifs is 1. The van der Waals surface area contributed by atoms with E-state index in [-0.39, 0.29) is 11.7 Å². The number of anilines is 1. The highest BCUT2D eigenvalue weighted by molar-refractivity contribution is 14.1. The molecule has 0 radical (unpaired) electrons. The number of hydrogen-bond donors (Lipinski definition) is 1. The number of sulfone groups is 1. The molecule has 0 aromatic carbocycles. The van der Waals surface area contributed by atoms with Crippen LogP contribution < -0.4 is 4.90 Å². The number of piperidine rings is 1. The standard InChI is InChI=1S/C14H19IN4O4S2/c1-23-11(20)9-2-7-25(21,22)14(9)3-5-18(6-4-14)13-17-19-10(15)8-16-12(19)24-13/h8-9,11,20H,2-7H2,1H3. The van der Waals surface area contributed by atoms with E-state index in [1.165, 1.54) is 18.4 Å². The van der Waals surface area contributed by atoms with E-state index in [4.69, 9.17) is 4.74 Å². The van der Waals surface area contributed by atoms with Gasteiger partial charge in [0.15, 0.2) is 16.1 Å². The van der Waals surface area contributed by atoms with Gasteiger partial charge in [0.25, 0.3) is 0 Å². The Kier molecular flexibility index (Phi) is 4.50. The average Bonchev–Trinajstić information content (AvgIpc) is 3.23. The summed E-state index contributed by atoms with van der Waals surface area (Å²) in [5, 5.41) is 15.6. The molecule has 2 fully saturated rings. The Morgan fingerprint density at radius 1 is 1.48 bits per heavy atom. The molecule has 0 saturated carbocycles. The predicted molar refractivity (Wildman–Crippen MR) is 103 cm³/mol. The van der Waals surface area contributed by atoms with Crippen molar-refractivity contribution in [1.82, 2.24) is 14.6 Å². The van der Waals surface area contributed by atoms with Gasteiger partial charge in [-0.25, -0.2) is 13.4 Å². The second kappa shape index (κ2) is 6.29. The molecular weight excluding hydrogens is 479 g/mol. The Labute approximate surface area is 163 Å². The van der Waals surface area contributed by atoms with Crippen molar-refractivity contribution in [3.63, 3.8) is 0 Å². The Bertz CT molecular complexity index is 888. The fraction of sp³-hybridized carbons (Fsp3) is 0.714. The van der Waals surface area contributed by atoms with Crippen molar-refractivity contribution in [1.29, 1.82) is 0 Å². The highest BCUT2D eigenvalue weighted by atomic mass is 127. The summed E-state index contributed by atoms with van der Waals surface area (Å²) in [5.41, 5.74) is 0. The number of ether oxygens (including phenoxy) is 1. The maximum Gasteiger partial charge on any atom is 0.214 e. The van der Waals surface area contributed by atoms with Crippen LogP contribution >= 0.6 is 33.9 Å². The summed E-state index contributed by atoms with van der Waals surface area (Å²) in [7, 11) is -1.82. The van der Waals surface area contributed by atoms with Crippen LogP contribution in [0.4, 0.5) is 5.13 Å². The molecule has 2 aliphatic rings. The maximum absolute atomic E-state index is 12.7. The van der Waals surface area contributed by atoms with Gasteiger partial charge in [-0.3, -0.25) is 0 Å². The Morgan fingerprint density at radius 2 is 2.20 bits per heavy atom. The van der Waals surface area contributed by atoms with Gasteiger partial charge in [0, 0.05) is 26.1 Å². The van der Waals surface area contributed by atoms with Crippen LogP contribution in [-0.2, 0) is 14.6 Å². The van der Waals surface area contributed by atoms with E-state index in [9.17, 15) is 13.5 Å². The van der Waals surface area contributed by atoms with Crippen molar-refractivity contribution in [3.8, 4) is 0 Å². The summed E-state index contributed by atoms with van der Waals surface area (Å²) in [6, 6.07) is 0. The van der Waals surface area contributed by atoms with Crippen LogP contribution in [-0.4, -0.2) is 65.1 Å². The number of aromatic nitrogens is 3. The second-order valence-electron chi connectivity index (χ2n) is 6.55. The molecule has 2 atom stereocenters. The van der Waals surface area contributed by atoms with Gasteiger partial charge in [0.1, 0.15) is 3.70 Å². The summed E-state index contributed by atoms with van der Waals surface area (Å²) in [6.07, 6.45) is 2.17. The summed E-state index contributed by atoms with van der Waals surface area (Å²) in [6.45, 7) is 1.19. The molecular formula is C14H19IN4O4S2. The van der Waals surface area contributed by atoms with Crippen molar-refractivity contribution >= 4 is 53.9 Å². The van der Waals surface area contributed by atoms with Crippen LogP contribution in [0.1, 0.15) is 19.3 Å². The van der Waals surface area contributed by atoms with Crippen LogP contribution in [0.5, 0.6) is 0 Å². The third kappa shape index (κ3) is 2.69. The fourth-order valence-electron chi connectivity index (χ4n) is 4.09. The van der Waals surface area contributed by atoms with E-state index in [1.54, 1.807) is 10.7 Å². The van der Waals surface area contributed by atoms with Crippen LogP contribution in [0.25, 0.3) is 4.96 Å². The minimum absolute atomic E-state index is 0.126. The highest BCUT2D eigenvalue weighted by Gasteiger charge is 2.58. The third-order valence-electron chi connectivity index (χ3n) is 5.49. The van der Waals surface area contributed by atoms with Crippen molar-refractivity contribution in [3.05, 3.63) is 9.90 Å². The van der Waals surface area contributed by atoms with E-state index < -0.39 is 20.9 Å². The number of imidazole rings is 1. The smallest absolute Gasteiger partial charge is 0.214 e. The monoisotopic (exact) mass is 498 g/mol. The lowest BCUT2D eigenvalue weighted by Crippen LogP contribution is -2.53. The summed E-state index contributed by atoms with van der Waals surface area (Å²) < 4.78 is 32.4. The molecule has 0 bridgehead atoms. The number of aliphatic hydroxyl groups is 1. The zero-order chi connectivity index (χ0) is 17.8. The van der Waals surface area contributed by atoms with Gasteiger partial charge in [-0.05, 0) is 41.9 Å². The molecule has 0 aliphatic carbocycles. The van der Waals surface area contributed by atoms with Crippen molar-refractivity contribution < 1.29 is 18.3 Å². The first kappa shape index (κ1) is 17.9. The first-order chi connectivity index (χ1) is 11.9. The van der Waals surface area contributed by atoms with Crippen LogP contribution in [0.3, 0.4) is 0 Å². The van der Waals surface area contributed by atoms with Crippen molar-refractivity contribution in [2.45, 2.75) is 30.3 Å². The molecule has 4 rings (SSSR count). The third-order valence-corrected chi connectivity index (χ3v) is 9.93. The van der Waals surface area contributed by atoms with Gasteiger partial charge in [-0.15, -0.1) is 5.10 Å². The Hall–Kier alpha value is -0.500. The van der Waals surface area contributed by atoms with Crippen LogP contribution in [0.15, 0.2) is 6.20 Å². The van der Waals surface area contributed by atoms with Crippen LogP contribution in [0, 0.1) is 9.62 Å². The minimum atomic E-state index is -3.24. The summed E-state index contributed by atoms with van der Waals surface area (Å²) in [5.74, 6) is -0.235. The van der Waals surface area contributed by atoms with Gasteiger partial charge in [-0.2, -0.15) is 4.52 Å². The average molecular weight is 498 g/mol. The molecule has 138 valence electrons. The Balaban J connectivity index is 1.58. The number of halogens is 1. The fourth-order valence-corrected chi connectivity index (χ4v) is 8.13. The number of rotatable bonds is 3. The van der Waals surface area contributed by atoms with Crippen molar-refractivity contribution in [2.24, 2.45) is 5.92 Å². The van der Waals surface area contributed by atoms with E-state index in [0.29, 0.717) is 32.4 Å². The number of hydrogen-bond acceptors (Lipinski definition) is 8. The van der Waals surface area contributed by atoms with E-state index in [0.717, 1.165) is 13.8 Å². The summed E-state index contributed by atoms with van der Waals surface area (Å²) in [4.78, 5) is 7.26. The molecule has 2 aliphatic heterocycles. The van der Waals surface area contributed by atoms with E-state index in [1.807, 2.05) is 0 Å². The maximum atomic E-state index is 12.7. The zero-order valence-electron chi connectivity index (χ0n) is 13.6. The molecule has 2 aromatic rings. The topological polar surface area (TPSA) is 97.0 Å². The van der Waals surface area contributed by atoms with Gasteiger partial charge < -0.3 is 14.7 Å². The van der Waals surface area contributed by atoms with Gasteiger partial charge in [0.05, 0.1) is 16.7 Å².